The van der Waals surface area contributed by atoms with E-state index in [1.165, 1.54) is 12.4 Å². The molecule has 4 atom stereocenters. The minimum Gasteiger partial charge on any atom is -0.481 e. The molecule has 1 saturated heterocycles. The SMILES string of the molecule is O=C(O)C1C(=O)C(C(=O)O)C(c2ccccn2)N(Cc2ccccn2)C1c1ccccn1. The van der Waals surface area contributed by atoms with Gasteiger partial charge in [0.05, 0.1) is 29.2 Å². The largest absolute Gasteiger partial charge is 0.481 e. The molecule has 4 rings (SSSR count). The van der Waals surface area contributed by atoms with Crippen molar-refractivity contribution in [3.05, 3.63) is 90.3 Å². The van der Waals surface area contributed by atoms with Gasteiger partial charge in [0.1, 0.15) is 11.8 Å². The molecule has 1 aliphatic heterocycles. The lowest BCUT2D eigenvalue weighted by molar-refractivity contribution is -0.166. The predicted molar refractivity (Wildman–Crippen MR) is 111 cm³/mol. The second kappa shape index (κ2) is 9.03. The first-order chi connectivity index (χ1) is 15.5. The maximum atomic E-state index is 13.3. The average Bonchev–Trinajstić information content (AvgIpc) is 2.80. The monoisotopic (exact) mass is 432 g/mol. The minimum absolute atomic E-state index is 0.101. The number of pyridine rings is 3. The van der Waals surface area contributed by atoms with E-state index in [0.29, 0.717) is 17.1 Å². The van der Waals surface area contributed by atoms with E-state index in [-0.39, 0.29) is 6.54 Å². The lowest BCUT2D eigenvalue weighted by Gasteiger charge is -2.46. The average molecular weight is 432 g/mol. The predicted octanol–water partition coefficient (Wildman–Crippen LogP) is 2.14. The van der Waals surface area contributed by atoms with E-state index in [1.54, 1.807) is 65.7 Å². The first kappa shape index (κ1) is 21.3. The Morgan fingerprint density at radius 1 is 0.750 bits per heavy atom. The van der Waals surface area contributed by atoms with Crippen LogP contribution in [0.25, 0.3) is 0 Å². The zero-order chi connectivity index (χ0) is 22.7. The Kier molecular flexibility index (Phi) is 6.00. The highest BCUT2D eigenvalue weighted by atomic mass is 16.4. The summed E-state index contributed by atoms with van der Waals surface area (Å²) in [6.45, 7) is 0.101. The van der Waals surface area contributed by atoms with Gasteiger partial charge >= 0.3 is 11.9 Å². The highest BCUT2D eigenvalue weighted by molar-refractivity contribution is 6.09. The van der Waals surface area contributed by atoms with Crippen LogP contribution in [-0.4, -0.2) is 47.8 Å². The number of carbonyl (C=O) groups is 3. The number of rotatable bonds is 6. The molecular weight excluding hydrogens is 412 g/mol. The number of aromatic nitrogens is 3. The third-order valence-electron chi connectivity index (χ3n) is 5.54. The fraction of sp³-hybridized carbons (Fsp3) is 0.217. The quantitative estimate of drug-likeness (QED) is 0.562. The minimum atomic E-state index is -1.62. The van der Waals surface area contributed by atoms with Crippen molar-refractivity contribution in [2.45, 2.75) is 18.6 Å². The Labute approximate surface area is 183 Å². The number of likely N-dealkylation sites (tertiary alicyclic amines) is 1. The molecule has 4 heterocycles. The molecular formula is C23H20N4O5. The standard InChI is InChI=1S/C23H20N4O5/c28-21-17(22(29)30)19(15-8-2-5-11-25-15)27(13-14-7-1-4-10-24-14)20(18(21)23(31)32)16-9-3-6-12-26-16/h1-12,17-20H,13H2,(H,29,30)(H,31,32). The van der Waals surface area contributed by atoms with Gasteiger partial charge in [-0.2, -0.15) is 0 Å². The normalized spacial score (nSPS) is 23.6. The summed E-state index contributed by atoms with van der Waals surface area (Å²) in [5.41, 5.74) is 1.31. The third-order valence-corrected chi connectivity index (χ3v) is 5.54. The van der Waals surface area contributed by atoms with Crippen LogP contribution in [0.1, 0.15) is 29.2 Å². The van der Waals surface area contributed by atoms with Crippen LogP contribution in [-0.2, 0) is 20.9 Å². The number of hydrogen-bond donors (Lipinski definition) is 2. The molecule has 0 aromatic carbocycles. The molecule has 0 amide bonds. The number of ketones is 1. The van der Waals surface area contributed by atoms with Crippen LogP contribution in [0.4, 0.5) is 0 Å². The maximum absolute atomic E-state index is 13.3. The van der Waals surface area contributed by atoms with Crippen molar-refractivity contribution >= 4 is 17.7 Å². The lowest BCUT2D eigenvalue weighted by atomic mass is 9.74. The van der Waals surface area contributed by atoms with Gasteiger partial charge in [-0.1, -0.05) is 18.2 Å². The summed E-state index contributed by atoms with van der Waals surface area (Å²) >= 11 is 0. The van der Waals surface area contributed by atoms with E-state index >= 15 is 0 Å². The van der Waals surface area contributed by atoms with Crippen LogP contribution in [0.2, 0.25) is 0 Å². The van der Waals surface area contributed by atoms with Crippen molar-refractivity contribution < 1.29 is 24.6 Å². The Bertz CT molecular complexity index is 1040. The van der Waals surface area contributed by atoms with Gasteiger partial charge in [-0.25, -0.2) is 0 Å². The molecule has 0 bridgehead atoms. The molecule has 0 spiro atoms. The van der Waals surface area contributed by atoms with Crippen molar-refractivity contribution in [2.24, 2.45) is 11.8 Å². The third kappa shape index (κ3) is 3.97. The number of Topliss-reactive ketones (excluding diaryl/α,β-unsaturated/α-hetero) is 1. The fourth-order valence-electron chi connectivity index (χ4n) is 4.23. The number of nitrogens with zero attached hydrogens (tertiary/aromatic N) is 4. The molecule has 9 heteroatoms. The van der Waals surface area contributed by atoms with Crippen molar-refractivity contribution in [1.82, 2.24) is 19.9 Å². The molecule has 0 aliphatic carbocycles. The van der Waals surface area contributed by atoms with Crippen molar-refractivity contribution in [3.8, 4) is 0 Å². The van der Waals surface area contributed by atoms with Crippen LogP contribution in [0.5, 0.6) is 0 Å². The zero-order valence-electron chi connectivity index (χ0n) is 16.9. The van der Waals surface area contributed by atoms with E-state index < -0.39 is 41.6 Å². The van der Waals surface area contributed by atoms with Crippen LogP contribution < -0.4 is 0 Å². The lowest BCUT2D eigenvalue weighted by Crippen LogP contribution is -2.55. The van der Waals surface area contributed by atoms with Gasteiger partial charge in [0, 0.05) is 25.1 Å². The van der Waals surface area contributed by atoms with Crippen molar-refractivity contribution in [2.75, 3.05) is 0 Å². The van der Waals surface area contributed by atoms with Gasteiger partial charge in [-0.15, -0.1) is 0 Å². The number of hydrogen-bond acceptors (Lipinski definition) is 7. The van der Waals surface area contributed by atoms with Gasteiger partial charge in [-0.3, -0.25) is 34.2 Å². The summed E-state index contributed by atoms with van der Waals surface area (Å²) in [5.74, 6) is -6.91. The maximum Gasteiger partial charge on any atom is 0.316 e. The zero-order valence-corrected chi connectivity index (χ0v) is 16.9. The number of aliphatic carboxylic acids is 2. The smallest absolute Gasteiger partial charge is 0.316 e. The van der Waals surface area contributed by atoms with Gasteiger partial charge in [0.15, 0.2) is 5.78 Å². The van der Waals surface area contributed by atoms with Gasteiger partial charge in [0.2, 0.25) is 0 Å². The van der Waals surface area contributed by atoms with E-state index in [4.69, 9.17) is 0 Å². The number of carboxylic acid groups (broad SMARTS) is 2. The first-order valence-electron chi connectivity index (χ1n) is 9.96. The topological polar surface area (TPSA) is 134 Å². The summed E-state index contributed by atoms with van der Waals surface area (Å²) in [7, 11) is 0. The van der Waals surface area contributed by atoms with Crippen LogP contribution in [0, 0.1) is 11.8 Å². The molecule has 0 radical (unpaired) electrons. The molecule has 0 saturated carbocycles. The van der Waals surface area contributed by atoms with Gasteiger partial charge < -0.3 is 10.2 Å². The molecule has 9 nitrogen and oxygen atoms in total. The van der Waals surface area contributed by atoms with Crippen LogP contribution in [0.15, 0.2) is 73.2 Å². The molecule has 3 aromatic rings. The van der Waals surface area contributed by atoms with Crippen molar-refractivity contribution in [3.63, 3.8) is 0 Å². The van der Waals surface area contributed by atoms with E-state index in [9.17, 15) is 24.6 Å². The summed E-state index contributed by atoms with van der Waals surface area (Å²) in [6.07, 6.45) is 4.62. The Balaban J connectivity index is 1.94. The molecule has 3 aromatic heterocycles. The van der Waals surface area contributed by atoms with Gasteiger partial charge in [0.25, 0.3) is 0 Å². The highest BCUT2D eigenvalue weighted by Crippen LogP contribution is 2.46. The number of carboxylic acids is 2. The molecule has 32 heavy (non-hydrogen) atoms. The fourth-order valence-corrected chi connectivity index (χ4v) is 4.23. The Morgan fingerprint density at radius 2 is 1.22 bits per heavy atom. The molecule has 4 unspecified atom stereocenters. The van der Waals surface area contributed by atoms with E-state index in [2.05, 4.69) is 15.0 Å². The summed E-state index contributed by atoms with van der Waals surface area (Å²) in [5, 5.41) is 20.0. The number of piperidine rings is 1. The van der Waals surface area contributed by atoms with Crippen LogP contribution >= 0.6 is 0 Å². The highest BCUT2D eigenvalue weighted by Gasteiger charge is 2.56. The molecule has 1 fully saturated rings. The number of carbonyl (C=O) groups excluding carboxylic acids is 1. The second-order valence-corrected chi connectivity index (χ2v) is 7.43. The summed E-state index contributed by atoms with van der Waals surface area (Å²) < 4.78 is 0. The summed E-state index contributed by atoms with van der Waals surface area (Å²) in [6, 6.07) is 13.3. The Hall–Kier alpha value is -3.98. The summed E-state index contributed by atoms with van der Waals surface area (Å²) in [4.78, 5) is 52.5. The van der Waals surface area contributed by atoms with Gasteiger partial charge in [-0.05, 0) is 36.4 Å². The Morgan fingerprint density at radius 3 is 1.59 bits per heavy atom. The van der Waals surface area contributed by atoms with Crippen LogP contribution in [0.3, 0.4) is 0 Å². The molecule has 162 valence electrons. The van der Waals surface area contributed by atoms with E-state index in [1.807, 2.05) is 0 Å². The van der Waals surface area contributed by atoms with E-state index in [0.717, 1.165) is 0 Å². The first-order valence-corrected chi connectivity index (χ1v) is 9.96. The second-order valence-electron chi connectivity index (χ2n) is 7.43. The van der Waals surface area contributed by atoms with Crippen molar-refractivity contribution in [1.29, 1.82) is 0 Å². The molecule has 1 aliphatic rings. The molecule has 2 N–H and O–H groups in total.